The second-order valence-electron chi connectivity index (χ2n) is 4.52. The molecule has 0 radical (unpaired) electrons. The summed E-state index contributed by atoms with van der Waals surface area (Å²) in [5.41, 5.74) is 0.641. The first kappa shape index (κ1) is 12.7. The molecule has 1 rings (SSSR count). The molecule has 1 atom stereocenters. The zero-order valence-corrected chi connectivity index (χ0v) is 9.90. The summed E-state index contributed by atoms with van der Waals surface area (Å²) in [6.45, 7) is 5.09. The third-order valence-corrected chi connectivity index (χ3v) is 2.94. The molecule has 0 aromatic heterocycles. The van der Waals surface area contributed by atoms with Crippen LogP contribution in [0.2, 0.25) is 0 Å². The summed E-state index contributed by atoms with van der Waals surface area (Å²) in [5.74, 6) is -1.00. The highest BCUT2D eigenvalue weighted by Crippen LogP contribution is 2.33. The molecule has 0 saturated heterocycles. The van der Waals surface area contributed by atoms with Crippen LogP contribution in [0.1, 0.15) is 38.0 Å². The molecule has 16 heavy (non-hydrogen) atoms. The van der Waals surface area contributed by atoms with Crippen LogP contribution in [-0.2, 0) is 11.2 Å². The van der Waals surface area contributed by atoms with Crippen LogP contribution in [0.25, 0.3) is 0 Å². The van der Waals surface area contributed by atoms with Crippen molar-refractivity contribution in [3.8, 4) is 0 Å². The quantitative estimate of drug-likeness (QED) is 0.822. The molecule has 0 amide bonds. The molecule has 1 aromatic rings. The van der Waals surface area contributed by atoms with Crippen LogP contribution in [0.3, 0.4) is 0 Å². The summed E-state index contributed by atoms with van der Waals surface area (Å²) in [4.78, 5) is 11.0. The summed E-state index contributed by atoms with van der Waals surface area (Å²) in [6, 6.07) is 7.40. The van der Waals surface area contributed by atoms with Crippen molar-refractivity contribution in [3.05, 3.63) is 35.4 Å². The normalized spacial score (nSPS) is 13.5. The van der Waals surface area contributed by atoms with E-state index in [1.54, 1.807) is 12.1 Å². The van der Waals surface area contributed by atoms with Crippen molar-refractivity contribution in [1.29, 1.82) is 0 Å². The van der Waals surface area contributed by atoms with E-state index < -0.39 is 17.5 Å². The van der Waals surface area contributed by atoms with Gasteiger partial charge in [-0.05, 0) is 31.4 Å². The van der Waals surface area contributed by atoms with Gasteiger partial charge in [-0.1, -0.05) is 31.2 Å². The molecule has 0 saturated carbocycles. The van der Waals surface area contributed by atoms with Gasteiger partial charge in [-0.15, -0.1) is 0 Å². The van der Waals surface area contributed by atoms with Gasteiger partial charge >= 0.3 is 5.97 Å². The first-order valence-electron chi connectivity index (χ1n) is 5.40. The van der Waals surface area contributed by atoms with Crippen LogP contribution in [0.5, 0.6) is 0 Å². The summed E-state index contributed by atoms with van der Waals surface area (Å²) >= 11 is 0. The highest BCUT2D eigenvalue weighted by atomic mass is 16.4. The van der Waals surface area contributed by atoms with E-state index in [9.17, 15) is 9.90 Å². The van der Waals surface area contributed by atoms with Crippen LogP contribution < -0.4 is 0 Å². The predicted octanol–water partition coefficient (Wildman–Crippen LogP) is 2.39. The first-order chi connectivity index (χ1) is 7.39. The van der Waals surface area contributed by atoms with Gasteiger partial charge in [0.2, 0.25) is 0 Å². The number of benzene rings is 1. The predicted molar refractivity (Wildman–Crippen MR) is 62.2 cm³/mol. The Kier molecular flexibility index (Phi) is 3.70. The zero-order chi connectivity index (χ0) is 12.3. The summed E-state index contributed by atoms with van der Waals surface area (Å²) < 4.78 is 0. The van der Waals surface area contributed by atoms with Crippen molar-refractivity contribution in [3.63, 3.8) is 0 Å². The highest BCUT2D eigenvalue weighted by molar-refractivity contribution is 5.74. The standard InChI is InChI=1S/C13H18O3/c1-4-9-5-7-10(8-6-9)11(14)13(2,3)12(15)16/h5-8,11,14H,4H2,1-3H3,(H,15,16). The van der Waals surface area contributed by atoms with E-state index >= 15 is 0 Å². The van der Waals surface area contributed by atoms with E-state index in [0.717, 1.165) is 6.42 Å². The first-order valence-corrected chi connectivity index (χ1v) is 5.40. The molecule has 2 N–H and O–H groups in total. The van der Waals surface area contributed by atoms with Crippen LogP contribution in [0.15, 0.2) is 24.3 Å². The highest BCUT2D eigenvalue weighted by Gasteiger charge is 2.36. The van der Waals surface area contributed by atoms with Crippen molar-refractivity contribution in [2.75, 3.05) is 0 Å². The van der Waals surface area contributed by atoms with Crippen LogP contribution in [0, 0.1) is 5.41 Å². The Morgan fingerprint density at radius 2 is 1.81 bits per heavy atom. The monoisotopic (exact) mass is 222 g/mol. The Labute approximate surface area is 95.7 Å². The fourth-order valence-corrected chi connectivity index (χ4v) is 1.47. The lowest BCUT2D eigenvalue weighted by molar-refractivity contribution is -0.153. The lowest BCUT2D eigenvalue weighted by atomic mass is 9.82. The molecule has 0 heterocycles. The Bertz CT molecular complexity index is 365. The maximum atomic E-state index is 11.0. The van der Waals surface area contributed by atoms with E-state index in [4.69, 9.17) is 5.11 Å². The van der Waals surface area contributed by atoms with Gasteiger partial charge in [-0.25, -0.2) is 0 Å². The Morgan fingerprint density at radius 3 is 2.19 bits per heavy atom. The van der Waals surface area contributed by atoms with E-state index in [2.05, 4.69) is 0 Å². The molecule has 3 nitrogen and oxygen atoms in total. The SMILES string of the molecule is CCc1ccc(C(O)C(C)(C)C(=O)O)cc1. The van der Waals surface area contributed by atoms with Crippen molar-refractivity contribution >= 4 is 5.97 Å². The van der Waals surface area contributed by atoms with Gasteiger partial charge in [-0.3, -0.25) is 4.79 Å². The fraction of sp³-hybridized carbons (Fsp3) is 0.462. The van der Waals surface area contributed by atoms with E-state index in [1.165, 1.54) is 19.4 Å². The van der Waals surface area contributed by atoms with Crippen LogP contribution >= 0.6 is 0 Å². The second-order valence-corrected chi connectivity index (χ2v) is 4.52. The molecule has 0 aliphatic heterocycles. The third-order valence-electron chi connectivity index (χ3n) is 2.94. The van der Waals surface area contributed by atoms with Gasteiger partial charge in [0.15, 0.2) is 0 Å². The number of hydrogen-bond acceptors (Lipinski definition) is 2. The third kappa shape index (κ3) is 2.42. The van der Waals surface area contributed by atoms with Gasteiger partial charge < -0.3 is 10.2 Å². The Balaban J connectivity index is 2.96. The molecular formula is C13H18O3. The number of hydrogen-bond donors (Lipinski definition) is 2. The van der Waals surface area contributed by atoms with Gasteiger partial charge in [0, 0.05) is 0 Å². The number of aliphatic carboxylic acids is 1. The molecule has 0 spiro atoms. The Morgan fingerprint density at radius 1 is 1.31 bits per heavy atom. The number of aryl methyl sites for hydroxylation is 1. The van der Waals surface area contributed by atoms with E-state index in [-0.39, 0.29) is 0 Å². The molecule has 1 aromatic carbocycles. The number of carbonyl (C=O) groups is 1. The second kappa shape index (κ2) is 4.66. The van der Waals surface area contributed by atoms with Crippen molar-refractivity contribution in [2.24, 2.45) is 5.41 Å². The number of aliphatic hydroxyl groups excluding tert-OH is 1. The molecule has 3 heteroatoms. The van der Waals surface area contributed by atoms with Crippen molar-refractivity contribution in [2.45, 2.75) is 33.3 Å². The van der Waals surface area contributed by atoms with E-state index in [1.807, 2.05) is 19.1 Å². The average Bonchev–Trinajstić information content (AvgIpc) is 2.28. The van der Waals surface area contributed by atoms with Gasteiger partial charge in [0.05, 0.1) is 11.5 Å². The van der Waals surface area contributed by atoms with Gasteiger partial charge in [0.1, 0.15) is 0 Å². The minimum absolute atomic E-state index is 0.643. The summed E-state index contributed by atoms with van der Waals surface area (Å²) in [7, 11) is 0. The molecule has 88 valence electrons. The molecule has 0 aliphatic rings. The minimum Gasteiger partial charge on any atom is -0.481 e. The smallest absolute Gasteiger partial charge is 0.312 e. The van der Waals surface area contributed by atoms with Crippen molar-refractivity contribution < 1.29 is 15.0 Å². The number of aliphatic hydroxyl groups is 1. The molecular weight excluding hydrogens is 204 g/mol. The largest absolute Gasteiger partial charge is 0.481 e. The zero-order valence-electron chi connectivity index (χ0n) is 9.90. The van der Waals surface area contributed by atoms with Crippen LogP contribution in [-0.4, -0.2) is 16.2 Å². The molecule has 0 bridgehead atoms. The topological polar surface area (TPSA) is 57.5 Å². The average molecular weight is 222 g/mol. The fourth-order valence-electron chi connectivity index (χ4n) is 1.47. The van der Waals surface area contributed by atoms with Crippen LogP contribution in [0.4, 0.5) is 0 Å². The van der Waals surface area contributed by atoms with Gasteiger partial charge in [0.25, 0.3) is 0 Å². The molecule has 1 unspecified atom stereocenters. The Hall–Kier alpha value is -1.35. The lowest BCUT2D eigenvalue weighted by Gasteiger charge is -2.26. The number of carboxylic acids is 1. The van der Waals surface area contributed by atoms with Crippen molar-refractivity contribution in [1.82, 2.24) is 0 Å². The summed E-state index contributed by atoms with van der Waals surface area (Å²) in [5, 5.41) is 19.0. The lowest BCUT2D eigenvalue weighted by Crippen LogP contribution is -2.31. The number of rotatable bonds is 4. The maximum Gasteiger partial charge on any atom is 0.312 e. The summed E-state index contributed by atoms with van der Waals surface area (Å²) in [6.07, 6.45) is -0.0606. The molecule has 0 aliphatic carbocycles. The van der Waals surface area contributed by atoms with E-state index in [0.29, 0.717) is 5.56 Å². The maximum absolute atomic E-state index is 11.0. The molecule has 0 fully saturated rings. The van der Waals surface area contributed by atoms with Gasteiger partial charge in [-0.2, -0.15) is 0 Å². The minimum atomic E-state index is -1.17. The number of carboxylic acid groups (broad SMARTS) is 1.